The van der Waals surface area contributed by atoms with Crippen LogP contribution in [0.2, 0.25) is 0 Å². The molecule has 1 aromatic heterocycles. The average molecular weight is 302 g/mol. The van der Waals surface area contributed by atoms with Gasteiger partial charge in [0.1, 0.15) is 16.4 Å². The van der Waals surface area contributed by atoms with Crippen molar-refractivity contribution in [3.63, 3.8) is 0 Å². The molecule has 116 valence electrons. The van der Waals surface area contributed by atoms with Crippen LogP contribution in [0.3, 0.4) is 0 Å². The van der Waals surface area contributed by atoms with Gasteiger partial charge in [-0.25, -0.2) is 8.42 Å². The Kier molecular flexibility index (Phi) is 5.40. The van der Waals surface area contributed by atoms with Crippen LogP contribution >= 0.6 is 0 Å². The first-order valence-corrected chi connectivity index (χ1v) is 8.39. The van der Waals surface area contributed by atoms with Gasteiger partial charge >= 0.3 is 0 Å². The monoisotopic (exact) mass is 302 g/mol. The van der Waals surface area contributed by atoms with Crippen LogP contribution in [0.15, 0.2) is 15.4 Å². The smallest absolute Gasteiger partial charge is 0.246 e. The molecule has 1 heterocycles. The first kappa shape index (κ1) is 17.2. The summed E-state index contributed by atoms with van der Waals surface area (Å²) in [6.45, 7) is 10.8. The predicted octanol–water partition coefficient (Wildman–Crippen LogP) is 2.51. The molecule has 0 saturated heterocycles. The molecule has 0 saturated carbocycles. The van der Waals surface area contributed by atoms with E-state index in [1.807, 2.05) is 27.7 Å². The molecule has 0 unspecified atom stereocenters. The maximum atomic E-state index is 12.7. The third kappa shape index (κ3) is 3.42. The summed E-state index contributed by atoms with van der Waals surface area (Å²) in [6.07, 6.45) is 0.740. The van der Waals surface area contributed by atoms with Gasteiger partial charge in [-0.2, -0.15) is 4.31 Å². The minimum Gasteiger partial charge on any atom is -0.464 e. The summed E-state index contributed by atoms with van der Waals surface area (Å²) < 4.78 is 32.3. The van der Waals surface area contributed by atoms with E-state index in [1.54, 1.807) is 20.0 Å². The Bertz CT molecular complexity index is 547. The normalized spacial score (nSPS) is 13.2. The maximum Gasteiger partial charge on any atom is 0.246 e. The molecular weight excluding hydrogens is 276 g/mol. The fourth-order valence-electron chi connectivity index (χ4n) is 1.81. The Morgan fingerprint density at radius 1 is 1.35 bits per heavy atom. The van der Waals surface area contributed by atoms with Crippen LogP contribution in [0.25, 0.3) is 0 Å². The second-order valence-corrected chi connectivity index (χ2v) is 7.49. The second kappa shape index (κ2) is 6.28. The lowest BCUT2D eigenvalue weighted by Gasteiger charge is -2.33. The molecule has 1 N–H and O–H groups in total. The highest BCUT2D eigenvalue weighted by atomic mass is 32.2. The third-order valence-electron chi connectivity index (χ3n) is 3.83. The first-order valence-electron chi connectivity index (χ1n) is 6.95. The van der Waals surface area contributed by atoms with E-state index in [4.69, 9.17) is 4.42 Å². The maximum absolute atomic E-state index is 12.7. The Balaban J connectivity index is 3.13. The molecule has 0 atom stereocenters. The molecule has 6 heteroatoms. The highest BCUT2D eigenvalue weighted by molar-refractivity contribution is 7.89. The van der Waals surface area contributed by atoms with Gasteiger partial charge in [0.2, 0.25) is 10.0 Å². The van der Waals surface area contributed by atoms with E-state index in [1.165, 1.54) is 4.31 Å². The largest absolute Gasteiger partial charge is 0.464 e. The summed E-state index contributed by atoms with van der Waals surface area (Å²) in [6, 6.07) is 1.62. The van der Waals surface area contributed by atoms with Gasteiger partial charge in [0, 0.05) is 18.7 Å². The fourth-order valence-corrected chi connectivity index (χ4v) is 3.57. The van der Waals surface area contributed by atoms with Crippen molar-refractivity contribution in [3.05, 3.63) is 17.6 Å². The standard InChI is InChI=1S/C14H26N2O3S/c1-7-14(4,5)16(6)20(17,18)13-9-12(10-15-8-2)19-11(13)3/h9,15H,7-8,10H2,1-6H3. The molecule has 5 nitrogen and oxygen atoms in total. The van der Waals surface area contributed by atoms with Crippen LogP contribution in [-0.4, -0.2) is 31.9 Å². The van der Waals surface area contributed by atoms with E-state index in [-0.39, 0.29) is 4.90 Å². The average Bonchev–Trinajstić information content (AvgIpc) is 2.77. The number of sulfonamides is 1. The lowest BCUT2D eigenvalue weighted by atomic mass is 10.0. The lowest BCUT2D eigenvalue weighted by Crippen LogP contribution is -2.44. The van der Waals surface area contributed by atoms with E-state index in [2.05, 4.69) is 5.32 Å². The van der Waals surface area contributed by atoms with Crippen molar-refractivity contribution in [2.45, 2.75) is 58.0 Å². The molecule has 0 amide bonds. The summed E-state index contributed by atoms with van der Waals surface area (Å²) >= 11 is 0. The van der Waals surface area contributed by atoms with Crippen molar-refractivity contribution < 1.29 is 12.8 Å². The Morgan fingerprint density at radius 3 is 2.45 bits per heavy atom. The Labute approximate surface area is 122 Å². The van der Waals surface area contributed by atoms with Gasteiger partial charge in [-0.3, -0.25) is 0 Å². The number of nitrogens with one attached hydrogen (secondary N) is 1. The molecule has 0 fully saturated rings. The zero-order valence-corrected chi connectivity index (χ0v) is 14.1. The van der Waals surface area contributed by atoms with Crippen LogP contribution in [0.5, 0.6) is 0 Å². The molecular formula is C14H26N2O3S. The lowest BCUT2D eigenvalue weighted by molar-refractivity contribution is 0.257. The van der Waals surface area contributed by atoms with E-state index in [0.29, 0.717) is 18.1 Å². The van der Waals surface area contributed by atoms with Crippen LogP contribution in [0, 0.1) is 6.92 Å². The molecule has 0 aromatic carbocycles. The van der Waals surface area contributed by atoms with Crippen molar-refractivity contribution in [2.24, 2.45) is 0 Å². The molecule has 1 aromatic rings. The molecule has 20 heavy (non-hydrogen) atoms. The summed E-state index contributed by atoms with van der Waals surface area (Å²) in [4.78, 5) is 0.259. The number of aryl methyl sites for hydroxylation is 1. The molecule has 0 aliphatic carbocycles. The Hall–Kier alpha value is -0.850. The van der Waals surface area contributed by atoms with Gasteiger partial charge in [-0.05, 0) is 33.7 Å². The zero-order chi connectivity index (χ0) is 15.6. The van der Waals surface area contributed by atoms with E-state index < -0.39 is 15.6 Å². The minimum absolute atomic E-state index is 0.259. The highest BCUT2D eigenvalue weighted by Gasteiger charge is 2.34. The summed E-state index contributed by atoms with van der Waals surface area (Å²) in [5, 5.41) is 3.13. The molecule has 0 aliphatic heterocycles. The summed E-state index contributed by atoms with van der Waals surface area (Å²) in [5.74, 6) is 1.09. The highest BCUT2D eigenvalue weighted by Crippen LogP contribution is 2.28. The quantitative estimate of drug-likeness (QED) is 0.840. The minimum atomic E-state index is -3.53. The molecule has 0 bridgehead atoms. The van der Waals surface area contributed by atoms with Crippen LogP contribution in [0.1, 0.15) is 45.6 Å². The number of nitrogens with zero attached hydrogens (tertiary/aromatic N) is 1. The summed E-state index contributed by atoms with van der Waals surface area (Å²) in [5.41, 5.74) is -0.426. The van der Waals surface area contributed by atoms with Gasteiger partial charge < -0.3 is 9.73 Å². The van der Waals surface area contributed by atoms with Crippen molar-refractivity contribution in [3.8, 4) is 0 Å². The van der Waals surface area contributed by atoms with Gasteiger partial charge in [0.25, 0.3) is 0 Å². The second-order valence-electron chi connectivity index (χ2n) is 5.55. The zero-order valence-electron chi connectivity index (χ0n) is 13.3. The van der Waals surface area contributed by atoms with E-state index in [0.717, 1.165) is 13.0 Å². The SMILES string of the molecule is CCNCc1cc(S(=O)(=O)N(C)C(C)(C)CC)c(C)o1. The van der Waals surface area contributed by atoms with Gasteiger partial charge in [-0.1, -0.05) is 13.8 Å². The number of hydrogen-bond donors (Lipinski definition) is 1. The number of hydrogen-bond acceptors (Lipinski definition) is 4. The molecule has 1 rings (SSSR count). The van der Waals surface area contributed by atoms with Gasteiger partial charge in [-0.15, -0.1) is 0 Å². The molecule has 0 aliphatic rings. The van der Waals surface area contributed by atoms with Gasteiger partial charge in [0.05, 0.1) is 6.54 Å². The van der Waals surface area contributed by atoms with Crippen molar-refractivity contribution in [2.75, 3.05) is 13.6 Å². The van der Waals surface area contributed by atoms with Crippen LogP contribution in [-0.2, 0) is 16.6 Å². The molecule has 0 spiro atoms. The van der Waals surface area contributed by atoms with Crippen molar-refractivity contribution in [1.82, 2.24) is 9.62 Å². The van der Waals surface area contributed by atoms with Crippen LogP contribution < -0.4 is 5.32 Å². The van der Waals surface area contributed by atoms with Crippen molar-refractivity contribution in [1.29, 1.82) is 0 Å². The number of furan rings is 1. The Morgan fingerprint density at radius 2 is 1.95 bits per heavy atom. The first-order chi connectivity index (χ1) is 9.16. The predicted molar refractivity (Wildman–Crippen MR) is 80.1 cm³/mol. The fraction of sp³-hybridized carbons (Fsp3) is 0.714. The van der Waals surface area contributed by atoms with Crippen molar-refractivity contribution >= 4 is 10.0 Å². The third-order valence-corrected chi connectivity index (χ3v) is 6.01. The van der Waals surface area contributed by atoms with Gasteiger partial charge in [0.15, 0.2) is 0 Å². The van der Waals surface area contributed by atoms with E-state index >= 15 is 0 Å². The van der Waals surface area contributed by atoms with Crippen LogP contribution in [0.4, 0.5) is 0 Å². The van der Waals surface area contributed by atoms with E-state index in [9.17, 15) is 8.42 Å². The molecule has 0 radical (unpaired) electrons. The summed E-state index contributed by atoms with van der Waals surface area (Å²) in [7, 11) is -1.91. The number of rotatable bonds is 7. The topological polar surface area (TPSA) is 62.6 Å².